The zero-order chi connectivity index (χ0) is 15.3. The molecule has 1 atom stereocenters. The molecule has 0 aliphatic rings. The molecular weight excluding hydrogens is 267 g/mol. The van der Waals surface area contributed by atoms with Crippen LogP contribution in [0.1, 0.15) is 36.1 Å². The van der Waals surface area contributed by atoms with Gasteiger partial charge in [0.25, 0.3) is 0 Å². The van der Waals surface area contributed by atoms with Crippen LogP contribution in [-0.4, -0.2) is 35.8 Å². The predicted octanol–water partition coefficient (Wildman–Crippen LogP) is 3.61. The zero-order valence-electron chi connectivity index (χ0n) is 12.2. The first-order chi connectivity index (χ1) is 9.23. The number of halogens is 3. The molecule has 0 bridgehead atoms. The Bertz CT molecular complexity index is 432. The molecule has 1 rings (SSSR count). The average Bonchev–Trinajstić information content (AvgIpc) is 2.30. The van der Waals surface area contributed by atoms with Gasteiger partial charge in [0.05, 0.1) is 12.6 Å². The highest BCUT2D eigenvalue weighted by Gasteiger charge is 2.31. The Hall–Kier alpha value is -1.07. The Morgan fingerprint density at radius 3 is 2.45 bits per heavy atom. The fourth-order valence-corrected chi connectivity index (χ4v) is 2.27. The van der Waals surface area contributed by atoms with Crippen molar-refractivity contribution in [2.75, 3.05) is 19.6 Å². The molecule has 20 heavy (non-hydrogen) atoms. The molecule has 0 aliphatic heterocycles. The maximum absolute atomic E-state index is 12.5. The summed E-state index contributed by atoms with van der Waals surface area (Å²) in [5, 5.41) is 10.2. The van der Waals surface area contributed by atoms with Crippen LogP contribution in [-0.2, 0) is 0 Å². The van der Waals surface area contributed by atoms with Crippen LogP contribution in [0.3, 0.4) is 0 Å². The minimum atomic E-state index is -4.24. The van der Waals surface area contributed by atoms with Gasteiger partial charge in [-0.05, 0) is 37.9 Å². The number of aliphatic hydroxyl groups is 1. The lowest BCUT2D eigenvalue weighted by Gasteiger charge is -2.26. The minimum Gasteiger partial charge on any atom is -0.387 e. The highest BCUT2D eigenvalue weighted by Crippen LogP contribution is 2.23. The summed E-state index contributed by atoms with van der Waals surface area (Å²) < 4.78 is 37.5. The van der Waals surface area contributed by atoms with Crippen LogP contribution in [0.5, 0.6) is 0 Å². The second kappa shape index (κ2) is 7.09. The second-order valence-corrected chi connectivity index (χ2v) is 5.23. The van der Waals surface area contributed by atoms with Crippen LogP contribution >= 0.6 is 0 Å². The second-order valence-electron chi connectivity index (χ2n) is 5.23. The highest BCUT2D eigenvalue weighted by atomic mass is 19.4. The van der Waals surface area contributed by atoms with Crippen molar-refractivity contribution in [2.24, 2.45) is 0 Å². The molecule has 2 nitrogen and oxygen atoms in total. The van der Waals surface area contributed by atoms with Gasteiger partial charge in [0.2, 0.25) is 0 Å². The summed E-state index contributed by atoms with van der Waals surface area (Å²) in [6.07, 6.45) is -4.52. The molecule has 1 N–H and O–H groups in total. The van der Waals surface area contributed by atoms with Gasteiger partial charge in [-0.3, -0.25) is 4.90 Å². The van der Waals surface area contributed by atoms with Crippen molar-refractivity contribution < 1.29 is 18.3 Å². The highest BCUT2D eigenvalue weighted by molar-refractivity contribution is 5.32. The molecule has 1 aromatic rings. The number of nitrogens with zero attached hydrogens (tertiary/aromatic N) is 1. The number of hydrogen-bond acceptors (Lipinski definition) is 2. The summed E-state index contributed by atoms with van der Waals surface area (Å²) in [4.78, 5) is 1.26. The van der Waals surface area contributed by atoms with Crippen molar-refractivity contribution in [1.82, 2.24) is 4.90 Å². The summed E-state index contributed by atoms with van der Waals surface area (Å²) in [7, 11) is 0. The Morgan fingerprint density at radius 1 is 1.25 bits per heavy atom. The van der Waals surface area contributed by atoms with E-state index in [1.54, 1.807) is 0 Å². The van der Waals surface area contributed by atoms with Crippen molar-refractivity contribution >= 4 is 0 Å². The monoisotopic (exact) mass is 289 g/mol. The molecule has 0 aromatic heterocycles. The van der Waals surface area contributed by atoms with Crippen molar-refractivity contribution in [1.29, 1.82) is 0 Å². The van der Waals surface area contributed by atoms with Gasteiger partial charge < -0.3 is 5.11 Å². The molecule has 1 unspecified atom stereocenters. The number of rotatable bonds is 6. The van der Waals surface area contributed by atoms with Crippen molar-refractivity contribution in [2.45, 2.75) is 39.5 Å². The van der Waals surface area contributed by atoms with Crippen molar-refractivity contribution in [3.8, 4) is 0 Å². The molecule has 0 saturated carbocycles. The summed E-state index contributed by atoms with van der Waals surface area (Å²) >= 11 is 0. The third-order valence-electron chi connectivity index (χ3n) is 3.17. The van der Waals surface area contributed by atoms with Gasteiger partial charge in [-0.1, -0.05) is 30.7 Å². The molecule has 1 aromatic carbocycles. The Labute approximate surface area is 118 Å². The van der Waals surface area contributed by atoms with E-state index in [9.17, 15) is 18.3 Å². The Balaban J connectivity index is 2.79. The average molecular weight is 289 g/mol. The molecular formula is C15H22F3NO. The third kappa shape index (κ3) is 5.51. The number of aliphatic hydroxyl groups excluding tert-OH is 1. The standard InChI is InChI=1S/C15H22F3NO/c1-4-7-19(10-15(16,17)18)9-14(20)13-8-11(2)5-6-12(13)3/h5-6,8,14,20H,4,7,9-10H2,1-3H3. The number of benzene rings is 1. The van der Waals surface area contributed by atoms with Crippen LogP contribution in [0.2, 0.25) is 0 Å². The first kappa shape index (κ1) is 17.0. The van der Waals surface area contributed by atoms with Crippen LogP contribution in [0.25, 0.3) is 0 Å². The van der Waals surface area contributed by atoms with Crippen molar-refractivity contribution in [3.63, 3.8) is 0 Å². The van der Waals surface area contributed by atoms with Gasteiger partial charge in [-0.2, -0.15) is 13.2 Å². The summed E-state index contributed by atoms with van der Waals surface area (Å²) in [6, 6.07) is 5.63. The maximum Gasteiger partial charge on any atom is 0.401 e. The van der Waals surface area contributed by atoms with Crippen LogP contribution in [0.4, 0.5) is 13.2 Å². The number of alkyl halides is 3. The molecule has 114 valence electrons. The van der Waals surface area contributed by atoms with Gasteiger partial charge >= 0.3 is 6.18 Å². The third-order valence-corrected chi connectivity index (χ3v) is 3.17. The summed E-state index contributed by atoms with van der Waals surface area (Å²) in [5.74, 6) is 0. The molecule has 0 aliphatic carbocycles. The van der Waals surface area contributed by atoms with Gasteiger partial charge in [-0.15, -0.1) is 0 Å². The summed E-state index contributed by atoms with van der Waals surface area (Å²) in [5.41, 5.74) is 2.59. The van der Waals surface area contributed by atoms with Gasteiger partial charge in [-0.25, -0.2) is 0 Å². The van der Waals surface area contributed by atoms with E-state index < -0.39 is 18.8 Å². The van der Waals surface area contributed by atoms with E-state index >= 15 is 0 Å². The van der Waals surface area contributed by atoms with E-state index in [1.807, 2.05) is 39.0 Å². The molecule has 0 radical (unpaired) electrons. The van der Waals surface area contributed by atoms with Gasteiger partial charge in [0, 0.05) is 6.54 Å². The van der Waals surface area contributed by atoms with Gasteiger partial charge in [0.1, 0.15) is 0 Å². The van der Waals surface area contributed by atoms with Crippen LogP contribution in [0.15, 0.2) is 18.2 Å². The van der Waals surface area contributed by atoms with Crippen LogP contribution in [0, 0.1) is 13.8 Å². The van der Waals surface area contributed by atoms with Crippen molar-refractivity contribution in [3.05, 3.63) is 34.9 Å². The first-order valence-electron chi connectivity index (χ1n) is 6.77. The lowest BCUT2D eigenvalue weighted by Crippen LogP contribution is -2.37. The fourth-order valence-electron chi connectivity index (χ4n) is 2.27. The van der Waals surface area contributed by atoms with E-state index in [1.165, 1.54) is 4.90 Å². The molecule has 0 spiro atoms. The largest absolute Gasteiger partial charge is 0.401 e. The predicted molar refractivity (Wildman–Crippen MR) is 73.7 cm³/mol. The van der Waals surface area contributed by atoms with E-state index in [2.05, 4.69) is 0 Å². The molecule has 0 fully saturated rings. The van der Waals surface area contributed by atoms with E-state index in [0.717, 1.165) is 11.1 Å². The maximum atomic E-state index is 12.5. The number of aryl methyl sites for hydroxylation is 2. The quantitative estimate of drug-likeness (QED) is 0.864. The SMILES string of the molecule is CCCN(CC(O)c1cc(C)ccc1C)CC(F)(F)F. The smallest absolute Gasteiger partial charge is 0.387 e. The van der Waals surface area contributed by atoms with E-state index in [4.69, 9.17) is 0 Å². The molecule has 5 heteroatoms. The lowest BCUT2D eigenvalue weighted by molar-refractivity contribution is -0.148. The molecule has 0 saturated heterocycles. The fraction of sp³-hybridized carbons (Fsp3) is 0.600. The van der Waals surface area contributed by atoms with E-state index in [0.29, 0.717) is 18.5 Å². The topological polar surface area (TPSA) is 23.5 Å². The molecule has 0 amide bonds. The van der Waals surface area contributed by atoms with E-state index in [-0.39, 0.29) is 6.54 Å². The number of hydrogen-bond donors (Lipinski definition) is 1. The lowest BCUT2D eigenvalue weighted by atomic mass is 10.0. The zero-order valence-corrected chi connectivity index (χ0v) is 12.2. The molecule has 0 heterocycles. The van der Waals surface area contributed by atoms with Crippen LogP contribution < -0.4 is 0 Å². The Morgan fingerprint density at radius 2 is 1.90 bits per heavy atom. The summed E-state index contributed by atoms with van der Waals surface area (Å²) in [6.45, 7) is 4.91. The first-order valence-corrected chi connectivity index (χ1v) is 6.77. The minimum absolute atomic E-state index is 0.00234. The Kier molecular flexibility index (Phi) is 6.02. The normalized spacial score (nSPS) is 13.8. The van der Waals surface area contributed by atoms with Gasteiger partial charge in [0.15, 0.2) is 0 Å².